The second kappa shape index (κ2) is 21.4. The van der Waals surface area contributed by atoms with Gasteiger partial charge in [0.15, 0.2) is 0 Å². The topological polar surface area (TPSA) is 9.23 Å². The van der Waals surface area contributed by atoms with Crippen LogP contribution in [0.2, 0.25) is 0 Å². The van der Waals surface area contributed by atoms with Gasteiger partial charge in [-0.1, -0.05) is 220 Å². The van der Waals surface area contributed by atoms with Gasteiger partial charge < -0.3 is 4.18 Å². The average Bonchev–Trinajstić information content (AvgIpc) is 3.09. The maximum Gasteiger partial charge on any atom is 0.435 e. The van der Waals surface area contributed by atoms with Gasteiger partial charge in [0.05, 0.1) is 0 Å². The molecule has 56 heavy (non-hydrogen) atoms. The van der Waals surface area contributed by atoms with Gasteiger partial charge in [0.2, 0.25) is 0 Å². The molecule has 0 aliphatic heterocycles. The first-order chi connectivity index (χ1) is 25.7. The zero-order valence-electron chi connectivity index (χ0n) is 36.1. The van der Waals surface area contributed by atoms with Crippen molar-refractivity contribution in [3.63, 3.8) is 0 Å². The van der Waals surface area contributed by atoms with Gasteiger partial charge in [-0.25, -0.2) is 0 Å². The van der Waals surface area contributed by atoms with Gasteiger partial charge in [-0.15, -0.1) is 0 Å². The van der Waals surface area contributed by atoms with Crippen molar-refractivity contribution < 1.29 is 23.6 Å². The maximum absolute atomic E-state index is 11.9. The first-order valence-corrected chi connectivity index (χ1v) is 21.3. The first-order valence-electron chi connectivity index (χ1n) is 19.5. The number of halogens is 5. The van der Waals surface area contributed by atoms with E-state index in [1.807, 2.05) is 13.8 Å². The molecule has 0 heterocycles. The monoisotopic (exact) mass is 798 g/mol. The Hall–Kier alpha value is -4.10. The second-order valence-electron chi connectivity index (χ2n) is 16.0. The Bertz CT molecular complexity index is 1740. The Kier molecular flexibility index (Phi) is 19.1. The number of hydrogen-bond donors (Lipinski definition) is 0. The summed E-state index contributed by atoms with van der Waals surface area (Å²) in [5, 5.41) is 0. The van der Waals surface area contributed by atoms with Gasteiger partial charge in [0.25, 0.3) is 0 Å². The molecule has 0 aliphatic carbocycles. The molecule has 0 bridgehead atoms. The highest BCUT2D eigenvalue weighted by Gasteiger charge is 2.67. The van der Waals surface area contributed by atoms with Crippen molar-refractivity contribution in [1.29, 1.82) is 0 Å². The molecule has 0 saturated carbocycles. The zero-order valence-corrected chi connectivity index (χ0v) is 37.0. The summed E-state index contributed by atoms with van der Waals surface area (Å²) in [6.45, 7) is 29.9. The van der Waals surface area contributed by atoms with Crippen LogP contribution in [0.1, 0.15) is 149 Å². The second-order valence-corrected chi connectivity index (χ2v) is 17.9. The highest BCUT2D eigenvalue weighted by Crippen LogP contribution is 2.97. The molecular formula is C49H67F5OS. The van der Waals surface area contributed by atoms with E-state index in [-0.39, 0.29) is 5.92 Å². The molecule has 0 atom stereocenters. The summed E-state index contributed by atoms with van der Waals surface area (Å²) in [4.78, 5) is 0. The summed E-state index contributed by atoms with van der Waals surface area (Å²) in [7, 11) is -9.84. The normalized spacial score (nSPS) is 12.2. The van der Waals surface area contributed by atoms with Crippen molar-refractivity contribution in [2.24, 2.45) is 0 Å². The van der Waals surface area contributed by atoms with E-state index in [1.54, 1.807) is 0 Å². The minimum Gasteiger partial charge on any atom is -0.355 e. The molecular weight excluding hydrogens is 732 g/mol. The van der Waals surface area contributed by atoms with Gasteiger partial charge in [0, 0.05) is 0 Å². The van der Waals surface area contributed by atoms with E-state index in [0.29, 0.717) is 23.7 Å². The maximum atomic E-state index is 11.9. The van der Waals surface area contributed by atoms with Crippen molar-refractivity contribution >= 4 is 10.5 Å². The molecule has 0 unspecified atom stereocenters. The van der Waals surface area contributed by atoms with Crippen molar-refractivity contribution in [3.05, 3.63) is 171 Å². The first kappa shape index (κ1) is 49.9. The summed E-state index contributed by atoms with van der Waals surface area (Å²) < 4.78 is 62.6. The van der Waals surface area contributed by atoms with Crippen LogP contribution in [0.5, 0.6) is 5.75 Å². The van der Waals surface area contributed by atoms with Crippen LogP contribution in [0.25, 0.3) is 0 Å². The van der Waals surface area contributed by atoms with Gasteiger partial charge in [0.1, 0.15) is 5.75 Å². The molecule has 310 valence electrons. The van der Waals surface area contributed by atoms with Crippen LogP contribution in [0, 0.1) is 27.7 Å². The Morgan fingerprint density at radius 1 is 0.339 bits per heavy atom. The fraction of sp³-hybridized carbons (Fsp3) is 0.388. The van der Waals surface area contributed by atoms with Crippen LogP contribution in [-0.2, 0) is 0 Å². The van der Waals surface area contributed by atoms with Crippen molar-refractivity contribution in [2.45, 2.75) is 127 Å². The summed E-state index contributed by atoms with van der Waals surface area (Å²) in [5.74, 6) is 1.82. The molecule has 0 fully saturated rings. The number of hydrogen-bond acceptors (Lipinski definition) is 1. The summed E-state index contributed by atoms with van der Waals surface area (Å²) >= 11 is 0. The third kappa shape index (κ3) is 22.5. The van der Waals surface area contributed by atoms with Crippen LogP contribution in [-0.4, -0.2) is 0 Å². The van der Waals surface area contributed by atoms with Crippen LogP contribution < -0.4 is 4.18 Å². The smallest absolute Gasteiger partial charge is 0.355 e. The Labute approximate surface area is 336 Å². The molecule has 0 radical (unpaired) electrons. The molecule has 0 spiro atoms. The van der Waals surface area contributed by atoms with E-state index >= 15 is 0 Å². The van der Waals surface area contributed by atoms with E-state index in [1.165, 1.54) is 56.6 Å². The number of rotatable bonds is 7. The summed E-state index contributed by atoms with van der Waals surface area (Å²) in [6, 6.07) is 39.2. The molecule has 0 amide bonds. The van der Waals surface area contributed by atoms with Crippen LogP contribution in [0.4, 0.5) is 19.4 Å². The lowest BCUT2D eigenvalue weighted by Gasteiger charge is -2.39. The molecule has 0 aromatic heterocycles. The lowest BCUT2D eigenvalue weighted by atomic mass is 10.0. The lowest BCUT2D eigenvalue weighted by Crippen LogP contribution is -2.13. The van der Waals surface area contributed by atoms with Crippen molar-refractivity contribution in [1.82, 2.24) is 0 Å². The van der Waals surface area contributed by atoms with Gasteiger partial charge in [-0.3, -0.25) is 0 Å². The molecule has 1 nitrogen and oxygen atoms in total. The van der Waals surface area contributed by atoms with Crippen LogP contribution in [0.3, 0.4) is 0 Å². The average molecular weight is 799 g/mol. The van der Waals surface area contributed by atoms with E-state index in [0.717, 1.165) is 17.7 Å². The predicted molar refractivity (Wildman–Crippen MR) is 235 cm³/mol. The van der Waals surface area contributed by atoms with E-state index in [2.05, 4.69) is 184 Å². The molecule has 5 aromatic rings. The standard InChI is InChI=1S/4C10H14.C9H11F5OS/c2*1-8(2)10-6-4-9(3)5-7-10;2*1-8(2)10-6-4-5-9(3)7-10;1-7(2)8-3-5-9(6-4-8)15-16(10,11,12,13)14/h4*4-8H,1-3H3;3-7H,1-2H3. The number of benzene rings is 5. The summed E-state index contributed by atoms with van der Waals surface area (Å²) in [5.41, 5.74) is 11.8. The van der Waals surface area contributed by atoms with E-state index in [9.17, 15) is 19.4 Å². The quantitative estimate of drug-likeness (QED) is 0.149. The Balaban J connectivity index is 0.000000355. The fourth-order valence-electron chi connectivity index (χ4n) is 5.05. The third-order valence-corrected chi connectivity index (χ3v) is 9.21. The zero-order chi connectivity index (χ0) is 42.9. The molecule has 5 rings (SSSR count). The highest BCUT2D eigenvalue weighted by molar-refractivity contribution is 8.42. The minimum atomic E-state index is -9.84. The number of aryl methyl sites for hydroxylation is 4. The SMILES string of the molecule is CC(C)c1ccc(OS(F)(F)(F)(F)F)cc1.Cc1ccc(C(C)C)cc1.Cc1ccc(C(C)C)cc1.Cc1cccc(C(C)C)c1.Cc1cccc(C(C)C)c1. The fourth-order valence-corrected chi connectivity index (χ4v) is 5.53. The summed E-state index contributed by atoms with van der Waals surface area (Å²) in [6.07, 6.45) is 0. The minimum absolute atomic E-state index is 0.106. The molecule has 0 saturated heterocycles. The van der Waals surface area contributed by atoms with Crippen LogP contribution in [0.15, 0.2) is 121 Å². The predicted octanol–water partition coefficient (Wildman–Crippen LogP) is 17.9. The van der Waals surface area contributed by atoms with Gasteiger partial charge >= 0.3 is 10.5 Å². The molecule has 0 aliphatic rings. The Morgan fingerprint density at radius 2 is 0.607 bits per heavy atom. The largest absolute Gasteiger partial charge is 0.435 e. The van der Waals surface area contributed by atoms with Gasteiger partial charge in [-0.2, -0.15) is 0 Å². The van der Waals surface area contributed by atoms with E-state index in [4.69, 9.17) is 0 Å². The third-order valence-electron chi connectivity index (χ3n) is 8.71. The molecule has 7 heteroatoms. The molecule has 5 aromatic carbocycles. The molecule has 0 N–H and O–H groups in total. The lowest BCUT2D eigenvalue weighted by molar-refractivity contribution is 0.243. The van der Waals surface area contributed by atoms with Crippen LogP contribution >= 0.6 is 10.5 Å². The van der Waals surface area contributed by atoms with Crippen molar-refractivity contribution in [3.8, 4) is 5.75 Å². The Morgan fingerprint density at radius 3 is 0.821 bits per heavy atom. The van der Waals surface area contributed by atoms with Gasteiger partial charge in [-0.05, 0) is 97.2 Å². The van der Waals surface area contributed by atoms with Crippen molar-refractivity contribution in [2.75, 3.05) is 0 Å². The van der Waals surface area contributed by atoms with E-state index < -0.39 is 16.3 Å². The highest BCUT2D eigenvalue weighted by atomic mass is 32.5.